The lowest BCUT2D eigenvalue weighted by Gasteiger charge is -1.95. The van der Waals surface area contributed by atoms with Crippen LogP contribution in [0.1, 0.15) is 15.2 Å². The number of carbonyl (C=O) groups is 1. The molecule has 0 radical (unpaired) electrons. The maximum Gasteiger partial charge on any atom is 0.150 e. The molecule has 0 saturated carbocycles. The molecular formula is C10H6BrIOS. The molecule has 1 aromatic heterocycles. The molecule has 1 heterocycles. The van der Waals surface area contributed by atoms with Crippen molar-refractivity contribution in [2.45, 2.75) is 5.33 Å². The fraction of sp³-hybridized carbons (Fsp3) is 0.100. The normalized spacial score (nSPS) is 10.7. The van der Waals surface area contributed by atoms with Gasteiger partial charge in [0, 0.05) is 29.4 Å². The molecule has 0 amide bonds. The van der Waals surface area contributed by atoms with Crippen LogP contribution in [0.2, 0.25) is 0 Å². The molecule has 0 atom stereocenters. The lowest BCUT2D eigenvalue weighted by Crippen LogP contribution is -1.81. The molecule has 0 bridgehead atoms. The third-order valence-electron chi connectivity index (χ3n) is 1.94. The minimum absolute atomic E-state index is 0.787. The second-order valence-corrected chi connectivity index (χ2v) is 5.85. The average Bonchev–Trinajstić information content (AvgIpc) is 2.59. The second-order valence-electron chi connectivity index (χ2n) is 2.87. The van der Waals surface area contributed by atoms with Gasteiger partial charge in [-0.3, -0.25) is 4.79 Å². The predicted molar refractivity (Wildman–Crippen MR) is 72.6 cm³/mol. The van der Waals surface area contributed by atoms with Crippen LogP contribution in [0.4, 0.5) is 0 Å². The van der Waals surface area contributed by atoms with Crippen LogP contribution in [-0.2, 0) is 5.33 Å². The number of fused-ring (bicyclic) bond motifs is 1. The molecular weight excluding hydrogens is 375 g/mol. The minimum Gasteiger partial charge on any atom is -0.298 e. The predicted octanol–water partition coefficient (Wildman–Crippen LogP) is 4.21. The number of alkyl halides is 1. The molecule has 2 aromatic rings. The van der Waals surface area contributed by atoms with E-state index in [1.165, 1.54) is 9.58 Å². The maximum atomic E-state index is 10.9. The molecule has 1 nitrogen and oxygen atoms in total. The van der Waals surface area contributed by atoms with Crippen LogP contribution in [0.5, 0.6) is 0 Å². The monoisotopic (exact) mass is 380 g/mol. The summed E-state index contributed by atoms with van der Waals surface area (Å²) in [5.41, 5.74) is 0.787. The number of thiophene rings is 1. The highest BCUT2D eigenvalue weighted by Gasteiger charge is 2.06. The van der Waals surface area contributed by atoms with Gasteiger partial charge in [-0.2, -0.15) is 0 Å². The minimum atomic E-state index is 0.787. The fourth-order valence-electron chi connectivity index (χ4n) is 1.35. The highest BCUT2D eigenvalue weighted by molar-refractivity contribution is 14.1. The van der Waals surface area contributed by atoms with Crippen LogP contribution >= 0.6 is 49.9 Å². The Morgan fingerprint density at radius 3 is 2.86 bits per heavy atom. The first-order valence-electron chi connectivity index (χ1n) is 3.97. The summed E-state index contributed by atoms with van der Waals surface area (Å²) in [6, 6.07) is 6.11. The van der Waals surface area contributed by atoms with Gasteiger partial charge >= 0.3 is 0 Å². The zero-order valence-electron chi connectivity index (χ0n) is 7.09. The molecule has 0 N–H and O–H groups in total. The molecule has 0 spiro atoms. The van der Waals surface area contributed by atoms with E-state index in [4.69, 9.17) is 0 Å². The van der Waals surface area contributed by atoms with Crippen molar-refractivity contribution in [2.75, 3.05) is 0 Å². The first-order chi connectivity index (χ1) is 6.74. The molecule has 0 aliphatic carbocycles. The van der Waals surface area contributed by atoms with Crippen LogP contribution < -0.4 is 0 Å². The summed E-state index contributed by atoms with van der Waals surface area (Å²) in [5, 5.41) is 1.92. The topological polar surface area (TPSA) is 17.1 Å². The Hall–Kier alpha value is 0.0600. The SMILES string of the molecule is O=Cc1cc(I)cc2sc(CBr)cc12. The van der Waals surface area contributed by atoms with Gasteiger partial charge in [0.05, 0.1) is 0 Å². The standard InChI is InChI=1S/C10H6BrIOS/c11-4-8-3-9-6(5-13)1-7(12)2-10(9)14-8/h1-3,5H,4H2. The smallest absolute Gasteiger partial charge is 0.150 e. The van der Waals surface area contributed by atoms with Crippen molar-refractivity contribution in [3.05, 3.63) is 32.2 Å². The van der Waals surface area contributed by atoms with Crippen molar-refractivity contribution in [3.8, 4) is 0 Å². The molecule has 1 aromatic carbocycles. The van der Waals surface area contributed by atoms with Crippen molar-refractivity contribution < 1.29 is 4.79 Å². The van der Waals surface area contributed by atoms with Gasteiger partial charge in [-0.15, -0.1) is 11.3 Å². The Kier molecular flexibility index (Phi) is 3.23. The molecule has 0 aliphatic heterocycles. The number of benzene rings is 1. The molecule has 72 valence electrons. The molecule has 0 unspecified atom stereocenters. The number of rotatable bonds is 2. The van der Waals surface area contributed by atoms with Gasteiger partial charge < -0.3 is 0 Å². The number of hydrogen-bond donors (Lipinski definition) is 0. The molecule has 0 saturated heterocycles. The zero-order chi connectivity index (χ0) is 10.1. The summed E-state index contributed by atoms with van der Waals surface area (Å²) in [4.78, 5) is 12.1. The van der Waals surface area contributed by atoms with Crippen molar-refractivity contribution in [2.24, 2.45) is 0 Å². The number of carbonyl (C=O) groups excluding carboxylic acids is 1. The van der Waals surface area contributed by atoms with E-state index in [1.54, 1.807) is 11.3 Å². The third-order valence-corrected chi connectivity index (χ3v) is 4.62. The number of hydrogen-bond acceptors (Lipinski definition) is 2. The summed E-state index contributed by atoms with van der Waals surface area (Å²) in [7, 11) is 0. The Labute approximate surface area is 108 Å². The van der Waals surface area contributed by atoms with E-state index in [-0.39, 0.29) is 0 Å². The molecule has 4 heteroatoms. The van der Waals surface area contributed by atoms with Gasteiger partial charge in [0.25, 0.3) is 0 Å². The van der Waals surface area contributed by atoms with Crippen LogP contribution in [0.15, 0.2) is 18.2 Å². The zero-order valence-corrected chi connectivity index (χ0v) is 11.6. The van der Waals surface area contributed by atoms with E-state index in [0.717, 1.165) is 26.1 Å². The first kappa shape index (κ1) is 10.6. The summed E-state index contributed by atoms with van der Waals surface area (Å²) >= 11 is 7.39. The largest absolute Gasteiger partial charge is 0.298 e. The third kappa shape index (κ3) is 1.87. The molecule has 0 aliphatic rings. The quantitative estimate of drug-likeness (QED) is 0.433. The highest BCUT2D eigenvalue weighted by atomic mass is 127. The van der Waals surface area contributed by atoms with E-state index in [1.807, 2.05) is 6.07 Å². The van der Waals surface area contributed by atoms with Crippen molar-refractivity contribution in [1.82, 2.24) is 0 Å². The fourth-order valence-corrected chi connectivity index (χ4v) is 3.70. The summed E-state index contributed by atoms with van der Waals surface area (Å²) in [6.07, 6.45) is 0.926. The Morgan fingerprint density at radius 1 is 1.43 bits per heavy atom. The van der Waals surface area contributed by atoms with Crippen molar-refractivity contribution >= 4 is 66.2 Å². The van der Waals surface area contributed by atoms with Crippen LogP contribution in [0, 0.1) is 3.57 Å². The van der Waals surface area contributed by atoms with E-state index in [9.17, 15) is 4.79 Å². The van der Waals surface area contributed by atoms with Crippen molar-refractivity contribution in [1.29, 1.82) is 0 Å². The molecule has 14 heavy (non-hydrogen) atoms. The van der Waals surface area contributed by atoms with Crippen LogP contribution in [0.3, 0.4) is 0 Å². The Bertz CT molecular complexity index is 492. The maximum absolute atomic E-state index is 10.9. The number of aldehydes is 1. The van der Waals surface area contributed by atoms with Gasteiger partial charge in [-0.05, 0) is 40.8 Å². The van der Waals surface area contributed by atoms with E-state index < -0.39 is 0 Å². The van der Waals surface area contributed by atoms with E-state index >= 15 is 0 Å². The average molecular weight is 381 g/mol. The van der Waals surface area contributed by atoms with Crippen molar-refractivity contribution in [3.63, 3.8) is 0 Å². The van der Waals surface area contributed by atoms with Gasteiger partial charge in [0.1, 0.15) is 0 Å². The summed E-state index contributed by atoms with van der Waals surface area (Å²) < 4.78 is 2.30. The van der Waals surface area contributed by atoms with E-state index in [2.05, 4.69) is 50.7 Å². The van der Waals surface area contributed by atoms with Gasteiger partial charge in [-0.1, -0.05) is 15.9 Å². The van der Waals surface area contributed by atoms with Gasteiger partial charge in [0.15, 0.2) is 6.29 Å². The van der Waals surface area contributed by atoms with Crippen LogP contribution in [0.25, 0.3) is 10.1 Å². The second kappa shape index (κ2) is 4.28. The van der Waals surface area contributed by atoms with Gasteiger partial charge in [0.2, 0.25) is 0 Å². The van der Waals surface area contributed by atoms with Gasteiger partial charge in [-0.25, -0.2) is 0 Å². The first-order valence-corrected chi connectivity index (χ1v) is 6.99. The Balaban J connectivity index is 2.77. The van der Waals surface area contributed by atoms with E-state index in [0.29, 0.717) is 0 Å². The summed E-state index contributed by atoms with van der Waals surface area (Å²) in [5.74, 6) is 0. The lowest BCUT2D eigenvalue weighted by molar-refractivity contribution is 0.112. The molecule has 2 rings (SSSR count). The Morgan fingerprint density at radius 2 is 2.21 bits per heavy atom. The highest BCUT2D eigenvalue weighted by Crippen LogP contribution is 2.30. The summed E-state index contributed by atoms with van der Waals surface area (Å²) in [6.45, 7) is 0. The lowest BCUT2D eigenvalue weighted by atomic mass is 10.1. The molecule has 0 fully saturated rings. The van der Waals surface area contributed by atoms with Crippen LogP contribution in [-0.4, -0.2) is 6.29 Å². The number of halogens is 2.